The second kappa shape index (κ2) is 7.48. The number of alkyl halides is 3. The van der Waals surface area contributed by atoms with E-state index in [-0.39, 0.29) is 16.7 Å². The molecule has 0 saturated heterocycles. The van der Waals surface area contributed by atoms with Crippen LogP contribution in [0.1, 0.15) is 16.3 Å². The summed E-state index contributed by atoms with van der Waals surface area (Å²) in [5.41, 5.74) is 0.628. The molecule has 0 aliphatic rings. The number of rotatable bonds is 3. The molecule has 0 atom stereocenters. The molecule has 0 unspecified atom stereocenters. The van der Waals surface area contributed by atoms with E-state index in [0.29, 0.717) is 28.1 Å². The summed E-state index contributed by atoms with van der Waals surface area (Å²) < 4.78 is 52.1. The maximum Gasteiger partial charge on any atom is 0.417 e. The van der Waals surface area contributed by atoms with Gasteiger partial charge in [-0.1, -0.05) is 23.7 Å². The second-order valence-electron chi connectivity index (χ2n) is 6.52. The van der Waals surface area contributed by atoms with Crippen molar-refractivity contribution >= 4 is 44.8 Å². The minimum Gasteiger partial charge on any atom is -0.323 e. The molecule has 4 aromatic rings. The van der Waals surface area contributed by atoms with Gasteiger partial charge in [-0.25, -0.2) is 19.3 Å². The first-order valence-electron chi connectivity index (χ1n) is 8.67. The van der Waals surface area contributed by atoms with E-state index in [1.807, 2.05) is 6.92 Å². The first kappa shape index (κ1) is 20.5. The number of thiophene rings is 1. The zero-order chi connectivity index (χ0) is 21.6. The molecule has 0 bridgehead atoms. The van der Waals surface area contributed by atoms with E-state index in [1.54, 1.807) is 19.1 Å². The second-order valence-corrected chi connectivity index (χ2v) is 8.13. The Morgan fingerprint density at radius 2 is 1.73 bits per heavy atom. The van der Waals surface area contributed by atoms with Crippen LogP contribution >= 0.6 is 22.9 Å². The predicted molar refractivity (Wildman–Crippen MR) is 110 cm³/mol. The van der Waals surface area contributed by atoms with Gasteiger partial charge in [-0.05, 0) is 37.6 Å². The summed E-state index contributed by atoms with van der Waals surface area (Å²) in [5, 5.41) is 3.41. The van der Waals surface area contributed by atoms with E-state index in [2.05, 4.69) is 20.3 Å². The molecule has 0 aliphatic heterocycles. The minimum atomic E-state index is -4.55. The standard InChI is InChI=1S/C20H13ClF4N4S/c1-9-15(11-3-5-13(22)6-4-11)16-18(27-10(2)28-19(16)30-9)29-17-14(21)7-12(8-26-17)20(23,24)25/h3-8H,1-2H3,(H,26,27,28,29). The summed E-state index contributed by atoms with van der Waals surface area (Å²) in [6.07, 6.45) is -3.84. The number of fused-ring (bicyclic) bond motifs is 1. The Labute approximate surface area is 177 Å². The fraction of sp³-hybridized carbons (Fsp3) is 0.150. The molecule has 3 heterocycles. The monoisotopic (exact) mass is 452 g/mol. The number of hydrogen-bond acceptors (Lipinski definition) is 5. The van der Waals surface area contributed by atoms with Gasteiger partial charge in [-0.15, -0.1) is 11.3 Å². The summed E-state index contributed by atoms with van der Waals surface area (Å²) in [6, 6.07) is 6.82. The maximum absolute atomic E-state index is 13.4. The van der Waals surface area contributed by atoms with Crippen LogP contribution < -0.4 is 5.32 Å². The highest BCUT2D eigenvalue weighted by atomic mass is 35.5. The molecule has 10 heteroatoms. The summed E-state index contributed by atoms with van der Waals surface area (Å²) >= 11 is 7.49. The number of halogens is 5. The molecule has 0 spiro atoms. The van der Waals surface area contributed by atoms with Crippen LogP contribution in [-0.2, 0) is 6.18 Å². The average Bonchev–Trinajstić information content (AvgIpc) is 2.99. The molecule has 4 rings (SSSR count). The van der Waals surface area contributed by atoms with Crippen molar-refractivity contribution in [3.63, 3.8) is 0 Å². The molecule has 0 saturated carbocycles. The van der Waals surface area contributed by atoms with Crippen molar-refractivity contribution < 1.29 is 17.6 Å². The lowest BCUT2D eigenvalue weighted by molar-refractivity contribution is -0.137. The van der Waals surface area contributed by atoms with E-state index >= 15 is 0 Å². The Morgan fingerprint density at radius 3 is 2.37 bits per heavy atom. The van der Waals surface area contributed by atoms with Crippen LogP contribution in [0.4, 0.5) is 29.2 Å². The summed E-state index contributed by atoms with van der Waals surface area (Å²) in [4.78, 5) is 14.3. The van der Waals surface area contributed by atoms with Gasteiger partial charge in [-0.3, -0.25) is 0 Å². The summed E-state index contributed by atoms with van der Waals surface area (Å²) in [7, 11) is 0. The van der Waals surface area contributed by atoms with Gasteiger partial charge in [0.1, 0.15) is 28.1 Å². The SMILES string of the molecule is Cc1nc(Nc2ncc(C(F)(F)F)cc2Cl)c2c(-c3ccc(F)cc3)c(C)sc2n1. The molecular formula is C20H13ClF4N4S. The fourth-order valence-corrected chi connectivity index (χ4v) is 4.37. The summed E-state index contributed by atoms with van der Waals surface area (Å²) in [6.45, 7) is 3.62. The van der Waals surface area contributed by atoms with E-state index in [4.69, 9.17) is 11.6 Å². The van der Waals surface area contributed by atoms with E-state index in [0.717, 1.165) is 22.1 Å². The van der Waals surface area contributed by atoms with Crippen LogP contribution in [0.2, 0.25) is 5.02 Å². The Kier molecular flexibility index (Phi) is 5.11. The highest BCUT2D eigenvalue weighted by Gasteiger charge is 2.31. The number of hydrogen-bond donors (Lipinski definition) is 1. The van der Waals surface area contributed by atoms with Crippen LogP contribution in [0.5, 0.6) is 0 Å². The Morgan fingerprint density at radius 1 is 1.03 bits per heavy atom. The van der Waals surface area contributed by atoms with Crippen LogP contribution in [0, 0.1) is 19.7 Å². The van der Waals surface area contributed by atoms with Gasteiger partial charge < -0.3 is 5.32 Å². The molecule has 1 N–H and O–H groups in total. The van der Waals surface area contributed by atoms with E-state index < -0.39 is 11.7 Å². The fourth-order valence-electron chi connectivity index (χ4n) is 3.07. The minimum absolute atomic E-state index is 0.0398. The number of aromatic nitrogens is 3. The van der Waals surface area contributed by atoms with Crippen molar-refractivity contribution in [2.45, 2.75) is 20.0 Å². The maximum atomic E-state index is 13.4. The molecule has 1 aromatic carbocycles. The van der Waals surface area contributed by atoms with Gasteiger partial charge >= 0.3 is 6.18 Å². The quantitative estimate of drug-likeness (QED) is 0.342. The number of pyridine rings is 1. The van der Waals surface area contributed by atoms with E-state index in [1.165, 1.54) is 23.5 Å². The lowest BCUT2D eigenvalue weighted by Crippen LogP contribution is -2.07. The number of nitrogens with one attached hydrogen (secondary N) is 1. The molecule has 3 aromatic heterocycles. The first-order chi connectivity index (χ1) is 14.1. The largest absolute Gasteiger partial charge is 0.417 e. The van der Waals surface area contributed by atoms with Crippen molar-refractivity contribution in [3.05, 3.63) is 63.6 Å². The molecule has 0 radical (unpaired) electrons. The van der Waals surface area contributed by atoms with Gasteiger partial charge in [0.05, 0.1) is 16.0 Å². The molecule has 0 amide bonds. The van der Waals surface area contributed by atoms with Crippen LogP contribution in [0.15, 0.2) is 36.5 Å². The van der Waals surface area contributed by atoms with Crippen LogP contribution in [-0.4, -0.2) is 15.0 Å². The molecular weight excluding hydrogens is 440 g/mol. The predicted octanol–water partition coefficient (Wildman–Crippen LogP) is 6.93. The number of aryl methyl sites for hydroxylation is 2. The van der Waals surface area contributed by atoms with Gasteiger partial charge in [0.2, 0.25) is 0 Å². The lowest BCUT2D eigenvalue weighted by Gasteiger charge is -2.12. The number of benzene rings is 1. The Hall–Kier alpha value is -2.78. The van der Waals surface area contributed by atoms with Crippen molar-refractivity contribution in [2.24, 2.45) is 0 Å². The molecule has 0 fully saturated rings. The van der Waals surface area contributed by atoms with Crippen molar-refractivity contribution in [1.29, 1.82) is 0 Å². The lowest BCUT2D eigenvalue weighted by atomic mass is 10.0. The Bertz CT molecular complexity index is 1250. The molecule has 4 nitrogen and oxygen atoms in total. The van der Waals surface area contributed by atoms with Gasteiger partial charge in [0.15, 0.2) is 0 Å². The van der Waals surface area contributed by atoms with Crippen LogP contribution in [0.25, 0.3) is 21.3 Å². The van der Waals surface area contributed by atoms with E-state index in [9.17, 15) is 17.6 Å². The first-order valence-corrected chi connectivity index (χ1v) is 9.86. The molecule has 30 heavy (non-hydrogen) atoms. The van der Waals surface area contributed by atoms with Crippen molar-refractivity contribution in [3.8, 4) is 11.1 Å². The van der Waals surface area contributed by atoms with Crippen molar-refractivity contribution in [2.75, 3.05) is 5.32 Å². The van der Waals surface area contributed by atoms with Gasteiger partial charge in [0.25, 0.3) is 0 Å². The molecule has 154 valence electrons. The van der Waals surface area contributed by atoms with Crippen molar-refractivity contribution in [1.82, 2.24) is 15.0 Å². The number of anilines is 2. The topological polar surface area (TPSA) is 50.7 Å². The molecule has 0 aliphatic carbocycles. The van der Waals surface area contributed by atoms with Gasteiger partial charge in [0, 0.05) is 16.6 Å². The number of nitrogens with zero attached hydrogens (tertiary/aromatic N) is 3. The third-order valence-corrected chi connectivity index (χ3v) is 5.66. The highest BCUT2D eigenvalue weighted by molar-refractivity contribution is 7.19. The van der Waals surface area contributed by atoms with Crippen LogP contribution in [0.3, 0.4) is 0 Å². The zero-order valence-corrected chi connectivity index (χ0v) is 17.2. The third-order valence-electron chi connectivity index (χ3n) is 4.38. The third kappa shape index (κ3) is 3.82. The highest BCUT2D eigenvalue weighted by Crippen LogP contribution is 2.42. The zero-order valence-electron chi connectivity index (χ0n) is 15.6. The summed E-state index contributed by atoms with van der Waals surface area (Å²) in [5.74, 6) is 0.510. The van der Waals surface area contributed by atoms with Gasteiger partial charge in [-0.2, -0.15) is 13.2 Å². The normalized spacial score (nSPS) is 11.8. The smallest absolute Gasteiger partial charge is 0.323 e. The average molecular weight is 453 g/mol. The Balaban J connectivity index is 1.86.